The predicted molar refractivity (Wildman–Crippen MR) is 99.9 cm³/mol. The molecule has 0 aliphatic heterocycles. The summed E-state index contributed by atoms with van der Waals surface area (Å²) in [5.41, 5.74) is 2.95. The van der Waals surface area contributed by atoms with Gasteiger partial charge in [-0.1, -0.05) is 23.8 Å². The highest BCUT2D eigenvalue weighted by Gasteiger charge is 2.24. The number of aryl methyl sites for hydroxylation is 2. The summed E-state index contributed by atoms with van der Waals surface area (Å²) in [5, 5.41) is 2.82. The van der Waals surface area contributed by atoms with Crippen molar-refractivity contribution in [3.8, 4) is 0 Å². The van der Waals surface area contributed by atoms with Crippen LogP contribution in [0.1, 0.15) is 43.2 Å². The van der Waals surface area contributed by atoms with Crippen LogP contribution in [-0.4, -0.2) is 38.8 Å². The summed E-state index contributed by atoms with van der Waals surface area (Å²) in [6.45, 7) is 4.00. The lowest BCUT2D eigenvalue weighted by molar-refractivity contribution is -0.121. The molecule has 1 aliphatic carbocycles. The van der Waals surface area contributed by atoms with Gasteiger partial charge in [0, 0.05) is 13.6 Å². The minimum atomic E-state index is -3.67. The Morgan fingerprint density at radius 1 is 1.24 bits per heavy atom. The zero-order valence-electron chi connectivity index (χ0n) is 15.3. The first-order chi connectivity index (χ1) is 11.8. The van der Waals surface area contributed by atoms with E-state index in [0.717, 1.165) is 29.1 Å². The summed E-state index contributed by atoms with van der Waals surface area (Å²) in [5.74, 6) is -0.271. The Balaban J connectivity index is 1.91. The fraction of sp³-hybridized carbons (Fsp3) is 0.526. The van der Waals surface area contributed by atoms with Crippen LogP contribution in [0.2, 0.25) is 0 Å². The van der Waals surface area contributed by atoms with Gasteiger partial charge in [0.2, 0.25) is 15.9 Å². The van der Waals surface area contributed by atoms with Crippen molar-refractivity contribution in [2.24, 2.45) is 0 Å². The highest BCUT2D eigenvalue weighted by molar-refractivity contribution is 7.89. The SMILES string of the molecule is Cc1ccc(C)c(S(=O)(=O)N(C)CC(=O)NCCC2=CCCCC2)c1. The zero-order chi connectivity index (χ0) is 18.4. The van der Waals surface area contributed by atoms with Crippen molar-refractivity contribution in [1.29, 1.82) is 0 Å². The van der Waals surface area contributed by atoms with Crippen molar-refractivity contribution in [3.63, 3.8) is 0 Å². The van der Waals surface area contributed by atoms with Crippen LogP contribution in [0.3, 0.4) is 0 Å². The molecule has 1 aliphatic rings. The number of carbonyl (C=O) groups excluding carboxylic acids is 1. The van der Waals surface area contributed by atoms with Gasteiger partial charge in [-0.2, -0.15) is 4.31 Å². The van der Waals surface area contributed by atoms with Crippen molar-refractivity contribution in [2.45, 2.75) is 50.8 Å². The summed E-state index contributed by atoms with van der Waals surface area (Å²) in [4.78, 5) is 12.3. The Morgan fingerprint density at radius 2 is 2.00 bits per heavy atom. The molecule has 1 aromatic rings. The lowest BCUT2D eigenvalue weighted by Gasteiger charge is -2.19. The molecule has 0 atom stereocenters. The minimum absolute atomic E-state index is 0.172. The zero-order valence-corrected chi connectivity index (χ0v) is 16.2. The van der Waals surface area contributed by atoms with Crippen LogP contribution in [0, 0.1) is 13.8 Å². The molecule has 0 aromatic heterocycles. The number of amides is 1. The Labute approximate surface area is 151 Å². The third-order valence-electron chi connectivity index (χ3n) is 4.55. The van der Waals surface area contributed by atoms with Gasteiger partial charge in [0.05, 0.1) is 11.4 Å². The molecule has 1 N–H and O–H groups in total. The van der Waals surface area contributed by atoms with Crippen LogP contribution < -0.4 is 5.32 Å². The molecule has 0 radical (unpaired) electrons. The molecule has 0 bridgehead atoms. The summed E-state index contributed by atoms with van der Waals surface area (Å²) >= 11 is 0. The van der Waals surface area contributed by atoms with Crippen LogP contribution in [0.5, 0.6) is 0 Å². The number of benzene rings is 1. The van der Waals surface area contributed by atoms with Crippen molar-refractivity contribution in [1.82, 2.24) is 9.62 Å². The highest BCUT2D eigenvalue weighted by Crippen LogP contribution is 2.21. The van der Waals surface area contributed by atoms with Crippen LogP contribution in [0.4, 0.5) is 0 Å². The highest BCUT2D eigenvalue weighted by atomic mass is 32.2. The first-order valence-electron chi connectivity index (χ1n) is 8.79. The van der Waals surface area contributed by atoms with Crippen LogP contribution >= 0.6 is 0 Å². The fourth-order valence-corrected chi connectivity index (χ4v) is 4.42. The van der Waals surface area contributed by atoms with E-state index in [9.17, 15) is 13.2 Å². The maximum atomic E-state index is 12.7. The third-order valence-corrected chi connectivity index (χ3v) is 6.50. The summed E-state index contributed by atoms with van der Waals surface area (Å²) in [6.07, 6.45) is 7.80. The molecule has 1 aromatic carbocycles. The van der Waals surface area contributed by atoms with E-state index in [2.05, 4.69) is 11.4 Å². The summed E-state index contributed by atoms with van der Waals surface area (Å²) in [6, 6.07) is 5.31. The molecule has 0 spiro atoms. The van der Waals surface area contributed by atoms with Gasteiger partial charge in [0.15, 0.2) is 0 Å². The molecule has 1 amide bonds. The molecular weight excluding hydrogens is 336 g/mol. The lowest BCUT2D eigenvalue weighted by Crippen LogP contribution is -2.39. The Kier molecular flexibility index (Phi) is 6.79. The van der Waals surface area contributed by atoms with Gasteiger partial charge < -0.3 is 5.32 Å². The van der Waals surface area contributed by atoms with Crippen molar-refractivity contribution in [3.05, 3.63) is 41.0 Å². The van der Waals surface area contributed by atoms with Crippen LogP contribution in [0.25, 0.3) is 0 Å². The largest absolute Gasteiger partial charge is 0.355 e. The average Bonchev–Trinajstić information content (AvgIpc) is 2.57. The molecule has 5 nitrogen and oxygen atoms in total. The molecule has 25 heavy (non-hydrogen) atoms. The van der Waals surface area contributed by atoms with Crippen molar-refractivity contribution in [2.75, 3.05) is 20.1 Å². The fourth-order valence-electron chi connectivity index (χ4n) is 2.99. The van der Waals surface area contributed by atoms with Crippen molar-refractivity contribution >= 4 is 15.9 Å². The van der Waals surface area contributed by atoms with Gasteiger partial charge in [-0.15, -0.1) is 0 Å². The molecule has 0 saturated heterocycles. The standard InChI is InChI=1S/C19H28N2O3S/c1-15-9-10-16(2)18(13-15)25(23,24)21(3)14-19(22)20-12-11-17-7-5-4-6-8-17/h7,9-10,13H,4-6,8,11-12,14H2,1-3H3,(H,20,22). The second-order valence-electron chi connectivity index (χ2n) is 6.74. The number of nitrogens with one attached hydrogen (secondary N) is 1. The lowest BCUT2D eigenvalue weighted by atomic mass is 9.97. The van der Waals surface area contributed by atoms with E-state index < -0.39 is 10.0 Å². The minimum Gasteiger partial charge on any atom is -0.355 e. The third kappa shape index (κ3) is 5.41. The maximum Gasteiger partial charge on any atom is 0.243 e. The number of allylic oxidation sites excluding steroid dienone is 1. The van der Waals surface area contributed by atoms with E-state index in [1.807, 2.05) is 13.0 Å². The quantitative estimate of drug-likeness (QED) is 0.757. The topological polar surface area (TPSA) is 66.5 Å². The van der Waals surface area contributed by atoms with Gasteiger partial charge in [0.25, 0.3) is 0 Å². The first kappa shape index (κ1) is 19.7. The number of sulfonamides is 1. The van der Waals surface area contributed by atoms with Gasteiger partial charge in [-0.25, -0.2) is 8.42 Å². The molecule has 2 rings (SSSR count). The number of hydrogen-bond donors (Lipinski definition) is 1. The van der Waals surface area contributed by atoms with Crippen LogP contribution in [-0.2, 0) is 14.8 Å². The Hall–Kier alpha value is -1.66. The Morgan fingerprint density at radius 3 is 2.68 bits per heavy atom. The van der Waals surface area contributed by atoms with Crippen molar-refractivity contribution < 1.29 is 13.2 Å². The average molecular weight is 365 g/mol. The van der Waals surface area contributed by atoms with E-state index in [0.29, 0.717) is 12.1 Å². The van der Waals surface area contributed by atoms with Gasteiger partial charge in [-0.3, -0.25) is 4.79 Å². The second-order valence-corrected chi connectivity index (χ2v) is 8.75. The summed E-state index contributed by atoms with van der Waals surface area (Å²) < 4.78 is 26.5. The van der Waals surface area contributed by atoms with Gasteiger partial charge in [0.1, 0.15) is 0 Å². The van der Waals surface area contributed by atoms with E-state index in [1.165, 1.54) is 25.5 Å². The van der Waals surface area contributed by atoms with Crippen LogP contribution in [0.15, 0.2) is 34.7 Å². The number of nitrogens with zero attached hydrogens (tertiary/aromatic N) is 1. The van der Waals surface area contributed by atoms with Gasteiger partial charge >= 0.3 is 0 Å². The van der Waals surface area contributed by atoms with E-state index in [4.69, 9.17) is 0 Å². The smallest absolute Gasteiger partial charge is 0.243 e. The number of rotatable bonds is 7. The van der Waals surface area contributed by atoms with E-state index >= 15 is 0 Å². The number of hydrogen-bond acceptors (Lipinski definition) is 3. The molecule has 0 unspecified atom stereocenters. The number of likely N-dealkylation sites (N-methyl/N-ethyl adjacent to an activating group) is 1. The van der Waals surface area contributed by atoms with E-state index in [1.54, 1.807) is 19.1 Å². The van der Waals surface area contributed by atoms with E-state index in [-0.39, 0.29) is 17.3 Å². The monoisotopic (exact) mass is 364 g/mol. The summed E-state index contributed by atoms with van der Waals surface area (Å²) in [7, 11) is -2.23. The maximum absolute atomic E-state index is 12.7. The molecule has 138 valence electrons. The Bertz CT molecular complexity index is 754. The normalized spacial score (nSPS) is 15.1. The predicted octanol–water partition coefficient (Wildman–Crippen LogP) is 2.93. The molecule has 0 heterocycles. The molecule has 0 fully saturated rings. The first-order valence-corrected chi connectivity index (χ1v) is 10.2. The molecular formula is C19H28N2O3S. The van der Waals surface area contributed by atoms with Gasteiger partial charge in [-0.05, 0) is 63.1 Å². The number of carbonyl (C=O) groups is 1. The molecule has 6 heteroatoms. The molecule has 0 saturated carbocycles. The second kappa shape index (κ2) is 8.63.